The lowest BCUT2D eigenvalue weighted by Gasteiger charge is -2.36. The predicted octanol–water partition coefficient (Wildman–Crippen LogP) is 5.19. The highest BCUT2D eigenvalue weighted by molar-refractivity contribution is 5.99. The number of ether oxygens (including phenoxy) is 2. The summed E-state index contributed by atoms with van der Waals surface area (Å²) >= 11 is 0. The Morgan fingerprint density at radius 1 is 0.453 bits per heavy atom. The van der Waals surface area contributed by atoms with E-state index in [1.807, 2.05) is 126 Å². The fourth-order valence-electron chi connectivity index (χ4n) is 10.7. The van der Waals surface area contributed by atoms with Crippen molar-refractivity contribution >= 4 is 47.3 Å². The molecule has 8 amide bonds. The quantitative estimate of drug-likeness (QED) is 0.0446. The molecule has 0 bridgehead atoms. The molecule has 2 aliphatic rings. The average Bonchev–Trinajstić information content (AvgIpc) is 2.93. The molecule has 5 aromatic carbocycles. The van der Waals surface area contributed by atoms with Gasteiger partial charge in [-0.2, -0.15) is 0 Å². The van der Waals surface area contributed by atoms with Crippen molar-refractivity contribution in [1.82, 2.24) is 52.3 Å². The maximum Gasteiger partial charge on any atom is 0.251 e. The van der Waals surface area contributed by atoms with Gasteiger partial charge in [0, 0.05) is 36.3 Å². The van der Waals surface area contributed by atoms with Crippen molar-refractivity contribution in [1.29, 1.82) is 0 Å². The summed E-state index contributed by atoms with van der Waals surface area (Å²) in [6, 6.07) is 31.2. The van der Waals surface area contributed by atoms with Crippen LogP contribution in [0.5, 0.6) is 11.5 Å². The van der Waals surface area contributed by atoms with Crippen molar-refractivity contribution in [2.75, 3.05) is 41.4 Å². The van der Waals surface area contributed by atoms with E-state index in [0.717, 1.165) is 22.3 Å². The Balaban J connectivity index is 1.11. The van der Waals surface area contributed by atoms with E-state index >= 15 is 0 Å². The Hall–Kier alpha value is -8.62. The number of carbonyl (C=O) groups excluding carboxylic acids is 8. The molecule has 20 heteroatoms. The third-order valence-corrected chi connectivity index (χ3v) is 16.0. The highest BCUT2D eigenvalue weighted by atomic mass is 16.5. The topological polar surface area (TPSA) is 258 Å². The standard InChI is InChI=1S/C66H84N10O10/c1-39(67-9)57(77)73-55(65(3,4)5)63(83)75-37-47(35-51(75)61(81)71-53(41-19-15-13-16-20-41)43-27-31-49(85-11)32-28-43)69-59(79)45-23-25-46(26-24-45)60(80)70-48-36-52(76(38-48)64(84)56(66(6,7)8)74-58(78)40(2)68-10)62(82)72-54(42-21-17-14-18-22-42)44-29-33-50(86-12)34-30-44/h13-34,39-40,47-48,51-56,67-68H,35-38H2,1-12H3,(H,69,79)(H,70,80)(H,71,81)(H,72,82)(H,73,77)(H,74,78)/t39-,40-,47-,48-,51-,52-,53-,54-,55+,56+/m0/s1. The molecule has 20 nitrogen and oxygen atoms in total. The van der Waals surface area contributed by atoms with Crippen molar-refractivity contribution in [2.45, 2.75) is 129 Å². The zero-order chi connectivity index (χ0) is 62.6. The number of nitrogens with zero attached hydrogens (tertiary/aromatic N) is 2. The second kappa shape index (κ2) is 28.5. The first kappa shape index (κ1) is 64.9. The Labute approximate surface area is 504 Å². The highest BCUT2D eigenvalue weighted by Crippen LogP contribution is 2.32. The summed E-state index contributed by atoms with van der Waals surface area (Å²) in [4.78, 5) is 117. The first-order valence-corrected chi connectivity index (χ1v) is 29.1. The van der Waals surface area contributed by atoms with Crippen LogP contribution in [0.25, 0.3) is 0 Å². The lowest BCUT2D eigenvalue weighted by Crippen LogP contribution is -2.59. The number of rotatable bonds is 22. The second-order valence-corrected chi connectivity index (χ2v) is 24.3. The minimum atomic E-state index is -1.07. The zero-order valence-corrected chi connectivity index (χ0v) is 51.3. The molecule has 8 N–H and O–H groups in total. The van der Waals surface area contributed by atoms with Crippen LogP contribution < -0.4 is 52.0 Å². The van der Waals surface area contributed by atoms with Crippen LogP contribution in [0.15, 0.2) is 133 Å². The summed E-state index contributed by atoms with van der Waals surface area (Å²) in [5.74, 6) is -2.49. The van der Waals surface area contributed by atoms with Gasteiger partial charge in [0.2, 0.25) is 35.4 Å². The molecular formula is C66H84N10O10. The predicted molar refractivity (Wildman–Crippen MR) is 328 cm³/mol. The van der Waals surface area contributed by atoms with Gasteiger partial charge in [-0.3, -0.25) is 38.4 Å². The highest BCUT2D eigenvalue weighted by Gasteiger charge is 2.48. The van der Waals surface area contributed by atoms with Gasteiger partial charge in [-0.15, -0.1) is 0 Å². The fraction of sp³-hybridized carbons (Fsp3) is 0.424. The Morgan fingerprint density at radius 2 is 0.767 bits per heavy atom. The van der Waals surface area contributed by atoms with E-state index in [1.54, 1.807) is 66.4 Å². The molecule has 86 heavy (non-hydrogen) atoms. The number of benzene rings is 5. The van der Waals surface area contributed by atoms with Crippen molar-refractivity contribution < 1.29 is 47.8 Å². The van der Waals surface area contributed by atoms with Crippen LogP contribution in [-0.2, 0) is 28.8 Å². The minimum Gasteiger partial charge on any atom is -0.497 e. The van der Waals surface area contributed by atoms with Gasteiger partial charge in [-0.05, 0) is 122 Å². The number of nitrogens with one attached hydrogen (secondary N) is 8. The lowest BCUT2D eigenvalue weighted by atomic mass is 9.85. The van der Waals surface area contributed by atoms with Gasteiger partial charge in [0.25, 0.3) is 11.8 Å². The van der Waals surface area contributed by atoms with E-state index < -0.39 is 119 Å². The summed E-state index contributed by atoms with van der Waals surface area (Å²) in [5, 5.41) is 24.1. The van der Waals surface area contributed by atoms with E-state index in [9.17, 15) is 38.4 Å². The number of likely N-dealkylation sites (N-methyl/N-ethyl adjacent to an activating group) is 2. The maximum absolute atomic E-state index is 14.9. The third kappa shape index (κ3) is 16.0. The molecule has 2 heterocycles. The fourth-order valence-corrected chi connectivity index (χ4v) is 10.7. The van der Waals surface area contributed by atoms with Gasteiger partial charge in [0.05, 0.1) is 38.4 Å². The molecule has 10 atom stereocenters. The molecule has 2 aliphatic heterocycles. The van der Waals surface area contributed by atoms with E-state index in [-0.39, 0.29) is 37.1 Å². The largest absolute Gasteiger partial charge is 0.497 e. The van der Waals surface area contributed by atoms with Gasteiger partial charge < -0.3 is 61.8 Å². The molecule has 5 aromatic rings. The molecule has 0 aromatic heterocycles. The Morgan fingerprint density at radius 3 is 1.06 bits per heavy atom. The van der Waals surface area contributed by atoms with Crippen LogP contribution in [0.4, 0.5) is 0 Å². The van der Waals surface area contributed by atoms with Crippen LogP contribution in [0, 0.1) is 10.8 Å². The number of hydrogen-bond donors (Lipinski definition) is 8. The molecule has 7 rings (SSSR count). The number of carbonyl (C=O) groups is 8. The maximum atomic E-state index is 14.9. The number of amides is 8. The minimum absolute atomic E-state index is 0.0396. The first-order valence-electron chi connectivity index (χ1n) is 29.1. The van der Waals surface area contributed by atoms with Crippen LogP contribution in [0.2, 0.25) is 0 Å². The van der Waals surface area contributed by atoms with Gasteiger partial charge in [-0.25, -0.2) is 0 Å². The summed E-state index contributed by atoms with van der Waals surface area (Å²) in [6.07, 6.45) is 0.0792. The van der Waals surface area contributed by atoms with Crippen LogP contribution in [-0.4, -0.2) is 147 Å². The van der Waals surface area contributed by atoms with Crippen LogP contribution in [0.3, 0.4) is 0 Å². The van der Waals surface area contributed by atoms with Gasteiger partial charge in [0.15, 0.2) is 0 Å². The van der Waals surface area contributed by atoms with Gasteiger partial charge >= 0.3 is 0 Å². The van der Waals surface area contributed by atoms with E-state index in [0.29, 0.717) is 11.5 Å². The molecule has 2 saturated heterocycles. The van der Waals surface area contributed by atoms with Crippen LogP contribution >= 0.6 is 0 Å². The zero-order valence-electron chi connectivity index (χ0n) is 51.3. The number of likely N-dealkylation sites (tertiary alicyclic amines) is 2. The van der Waals surface area contributed by atoms with E-state index in [1.165, 1.54) is 34.1 Å². The lowest BCUT2D eigenvalue weighted by molar-refractivity contribution is -0.144. The summed E-state index contributed by atoms with van der Waals surface area (Å²) in [5.41, 5.74) is 1.92. The van der Waals surface area contributed by atoms with Crippen molar-refractivity contribution in [3.05, 3.63) is 167 Å². The van der Waals surface area contributed by atoms with Gasteiger partial charge in [0.1, 0.15) is 35.7 Å². The molecule has 0 unspecified atom stereocenters. The second-order valence-electron chi connectivity index (χ2n) is 24.3. The number of hydrogen-bond acceptors (Lipinski definition) is 12. The van der Waals surface area contributed by atoms with Crippen molar-refractivity contribution in [2.24, 2.45) is 10.8 Å². The molecule has 0 aliphatic carbocycles. The smallest absolute Gasteiger partial charge is 0.251 e. The first-order chi connectivity index (χ1) is 40.8. The molecule has 458 valence electrons. The summed E-state index contributed by atoms with van der Waals surface area (Å²) in [7, 11) is 6.42. The van der Waals surface area contributed by atoms with Crippen molar-refractivity contribution in [3.63, 3.8) is 0 Å². The molecule has 0 saturated carbocycles. The number of methoxy groups -OCH3 is 2. The van der Waals surface area contributed by atoms with E-state index in [4.69, 9.17) is 9.47 Å². The van der Waals surface area contributed by atoms with Gasteiger partial charge in [-0.1, -0.05) is 126 Å². The van der Waals surface area contributed by atoms with E-state index in [2.05, 4.69) is 42.5 Å². The SMILES string of the molecule is CN[C@@H](C)C(=O)N[C@H](C(=O)N1C[C@@H](NC(=O)c2ccc(C(=O)N[C@H]3C[C@@H](C(=O)N[C@@H](c4ccccc4)c4ccc(OC)cc4)N(C(=O)[C@@H](NC(=O)[C@H](C)NC)C(C)(C)C)C3)cc2)C[C@H]1C(=O)N[C@@H](c1ccccc1)c1ccc(OC)cc1)C(C)(C)C. The third-order valence-electron chi connectivity index (χ3n) is 16.0. The summed E-state index contributed by atoms with van der Waals surface area (Å²) in [6.45, 7) is 14.2. The summed E-state index contributed by atoms with van der Waals surface area (Å²) < 4.78 is 10.8. The normalized spacial score (nSPS) is 18.9. The Kier molecular flexibility index (Phi) is 21.5. The average molecular weight is 1180 g/mol. The molecular weight excluding hydrogens is 1090 g/mol. The Bertz CT molecular complexity index is 2960. The van der Waals surface area contributed by atoms with Crippen LogP contribution in [0.1, 0.15) is 123 Å². The molecule has 0 radical (unpaired) electrons. The van der Waals surface area contributed by atoms with Crippen molar-refractivity contribution in [3.8, 4) is 11.5 Å². The molecule has 0 spiro atoms. The monoisotopic (exact) mass is 1180 g/mol. The molecule has 2 fully saturated rings.